The van der Waals surface area contributed by atoms with Gasteiger partial charge in [-0.1, -0.05) is 32.9 Å². The van der Waals surface area contributed by atoms with Gasteiger partial charge in [0.2, 0.25) is 5.91 Å². The zero-order chi connectivity index (χ0) is 14.6. The zero-order valence-electron chi connectivity index (χ0n) is 12.1. The summed E-state index contributed by atoms with van der Waals surface area (Å²) in [5.74, 6) is -0.0616. The lowest BCUT2D eigenvalue weighted by atomic mass is 9.92. The number of thiazole rings is 1. The van der Waals surface area contributed by atoms with Crippen molar-refractivity contribution in [2.24, 2.45) is 5.41 Å². The van der Waals surface area contributed by atoms with Crippen molar-refractivity contribution < 1.29 is 4.79 Å². The van der Waals surface area contributed by atoms with Crippen molar-refractivity contribution in [1.29, 1.82) is 0 Å². The van der Waals surface area contributed by atoms with Gasteiger partial charge in [-0.2, -0.15) is 0 Å². The second kappa shape index (κ2) is 6.18. The van der Waals surface area contributed by atoms with Crippen LogP contribution in [0.2, 0.25) is 0 Å². The smallest absolute Gasteiger partial charge is 0.244 e. The maximum absolute atomic E-state index is 11.7. The SMILES string of the molecule is CC(C)(C)CCNC(=O)/C=C/c1nc2ccccc2s1. The first-order valence-corrected chi connectivity index (χ1v) is 7.57. The van der Waals surface area contributed by atoms with E-state index in [1.165, 1.54) is 0 Å². The van der Waals surface area contributed by atoms with E-state index >= 15 is 0 Å². The average Bonchev–Trinajstić information content (AvgIpc) is 2.77. The number of carbonyl (C=O) groups is 1. The number of hydrogen-bond donors (Lipinski definition) is 1. The number of hydrogen-bond acceptors (Lipinski definition) is 3. The molecule has 1 amide bonds. The van der Waals surface area contributed by atoms with Gasteiger partial charge in [-0.05, 0) is 30.0 Å². The number of amides is 1. The van der Waals surface area contributed by atoms with Gasteiger partial charge < -0.3 is 5.32 Å². The summed E-state index contributed by atoms with van der Waals surface area (Å²) < 4.78 is 1.14. The largest absolute Gasteiger partial charge is 0.353 e. The Balaban J connectivity index is 1.90. The van der Waals surface area contributed by atoms with Crippen LogP contribution < -0.4 is 5.32 Å². The molecule has 2 aromatic rings. The second-order valence-electron chi connectivity index (χ2n) is 5.95. The summed E-state index contributed by atoms with van der Waals surface area (Å²) in [6, 6.07) is 7.97. The number of para-hydroxylation sites is 1. The Morgan fingerprint density at radius 1 is 1.35 bits per heavy atom. The third kappa shape index (κ3) is 4.46. The summed E-state index contributed by atoms with van der Waals surface area (Å²) >= 11 is 1.59. The molecule has 3 nitrogen and oxygen atoms in total. The van der Waals surface area contributed by atoms with Crippen molar-refractivity contribution in [3.63, 3.8) is 0 Å². The van der Waals surface area contributed by atoms with Crippen molar-refractivity contribution >= 4 is 33.5 Å². The van der Waals surface area contributed by atoms with E-state index in [0.717, 1.165) is 21.6 Å². The van der Waals surface area contributed by atoms with Crippen LogP contribution in [0, 0.1) is 5.41 Å². The number of aromatic nitrogens is 1. The van der Waals surface area contributed by atoms with E-state index in [9.17, 15) is 4.79 Å². The predicted octanol–water partition coefficient (Wildman–Crippen LogP) is 3.86. The number of nitrogens with zero attached hydrogens (tertiary/aromatic N) is 1. The molecular weight excluding hydrogens is 268 g/mol. The number of fused-ring (bicyclic) bond motifs is 1. The van der Waals surface area contributed by atoms with Crippen LogP contribution in [-0.2, 0) is 4.79 Å². The van der Waals surface area contributed by atoms with E-state index in [2.05, 4.69) is 31.1 Å². The topological polar surface area (TPSA) is 42.0 Å². The maximum atomic E-state index is 11.7. The Hall–Kier alpha value is -1.68. The summed E-state index contributed by atoms with van der Waals surface area (Å²) in [7, 11) is 0. The lowest BCUT2D eigenvalue weighted by Crippen LogP contribution is -2.25. The first-order chi connectivity index (χ1) is 9.44. The van der Waals surface area contributed by atoms with E-state index in [1.54, 1.807) is 23.5 Å². The fourth-order valence-electron chi connectivity index (χ4n) is 1.73. The van der Waals surface area contributed by atoms with Crippen molar-refractivity contribution in [2.45, 2.75) is 27.2 Å². The highest BCUT2D eigenvalue weighted by Crippen LogP contribution is 2.22. The molecule has 2 rings (SSSR count). The lowest BCUT2D eigenvalue weighted by molar-refractivity contribution is -0.116. The van der Waals surface area contributed by atoms with Crippen LogP contribution in [0.3, 0.4) is 0 Å². The monoisotopic (exact) mass is 288 g/mol. The van der Waals surface area contributed by atoms with Crippen LogP contribution in [0.4, 0.5) is 0 Å². The molecule has 20 heavy (non-hydrogen) atoms. The van der Waals surface area contributed by atoms with E-state index in [4.69, 9.17) is 0 Å². The highest BCUT2D eigenvalue weighted by Gasteiger charge is 2.09. The fourth-order valence-corrected chi connectivity index (χ4v) is 2.60. The molecule has 1 aromatic carbocycles. The standard InChI is InChI=1S/C16H20N2OS/c1-16(2,3)10-11-17-14(19)8-9-15-18-12-6-4-5-7-13(12)20-15/h4-9H,10-11H2,1-3H3,(H,17,19)/b9-8+. The highest BCUT2D eigenvalue weighted by molar-refractivity contribution is 7.19. The molecule has 4 heteroatoms. The van der Waals surface area contributed by atoms with Gasteiger partial charge in [-0.25, -0.2) is 4.98 Å². The van der Waals surface area contributed by atoms with Gasteiger partial charge in [-0.3, -0.25) is 4.79 Å². The van der Waals surface area contributed by atoms with Crippen molar-refractivity contribution in [2.75, 3.05) is 6.54 Å². The van der Waals surface area contributed by atoms with Gasteiger partial charge in [0.25, 0.3) is 0 Å². The lowest BCUT2D eigenvalue weighted by Gasteiger charge is -2.17. The molecule has 0 fully saturated rings. The Kier molecular flexibility index (Phi) is 4.55. The number of carbonyl (C=O) groups excluding carboxylic acids is 1. The number of rotatable bonds is 4. The van der Waals surface area contributed by atoms with E-state index in [-0.39, 0.29) is 11.3 Å². The first kappa shape index (κ1) is 14.7. The number of benzene rings is 1. The Labute approximate surface area is 123 Å². The van der Waals surface area contributed by atoms with Crippen molar-refractivity contribution in [1.82, 2.24) is 10.3 Å². The van der Waals surface area contributed by atoms with Gasteiger partial charge in [-0.15, -0.1) is 11.3 Å². The molecule has 0 saturated carbocycles. The van der Waals surface area contributed by atoms with Crippen LogP contribution in [0.5, 0.6) is 0 Å². The third-order valence-electron chi connectivity index (χ3n) is 2.86. The van der Waals surface area contributed by atoms with Crippen molar-refractivity contribution in [3.05, 3.63) is 35.3 Å². The molecular formula is C16H20N2OS. The molecule has 106 valence electrons. The molecule has 0 radical (unpaired) electrons. The molecule has 1 aromatic heterocycles. The van der Waals surface area contributed by atoms with Crippen LogP contribution in [-0.4, -0.2) is 17.4 Å². The quantitative estimate of drug-likeness (QED) is 0.868. The minimum atomic E-state index is -0.0616. The Bertz CT molecular complexity index is 590. The summed E-state index contributed by atoms with van der Waals surface area (Å²) in [6.07, 6.45) is 4.30. The second-order valence-corrected chi connectivity index (χ2v) is 7.02. The average molecular weight is 288 g/mol. The summed E-state index contributed by atoms with van der Waals surface area (Å²) in [5, 5.41) is 3.75. The summed E-state index contributed by atoms with van der Waals surface area (Å²) in [5.41, 5.74) is 1.22. The van der Waals surface area contributed by atoms with Gasteiger partial charge in [0.15, 0.2) is 0 Å². The molecule has 1 N–H and O–H groups in total. The van der Waals surface area contributed by atoms with Crippen LogP contribution in [0.25, 0.3) is 16.3 Å². The molecule has 0 saturated heterocycles. The zero-order valence-corrected chi connectivity index (χ0v) is 13.0. The third-order valence-corrected chi connectivity index (χ3v) is 3.86. The van der Waals surface area contributed by atoms with Gasteiger partial charge in [0, 0.05) is 12.6 Å². The molecule has 0 unspecified atom stereocenters. The Morgan fingerprint density at radius 3 is 2.80 bits per heavy atom. The molecule has 0 bridgehead atoms. The van der Waals surface area contributed by atoms with E-state index in [0.29, 0.717) is 6.54 Å². The molecule has 0 aliphatic heterocycles. The molecule has 0 spiro atoms. The molecule has 0 aliphatic carbocycles. The highest BCUT2D eigenvalue weighted by atomic mass is 32.1. The maximum Gasteiger partial charge on any atom is 0.244 e. The molecule has 0 atom stereocenters. The van der Waals surface area contributed by atoms with E-state index < -0.39 is 0 Å². The Morgan fingerprint density at radius 2 is 2.10 bits per heavy atom. The molecule has 1 heterocycles. The first-order valence-electron chi connectivity index (χ1n) is 6.75. The van der Waals surface area contributed by atoms with E-state index in [1.807, 2.05) is 24.3 Å². The number of nitrogens with one attached hydrogen (secondary N) is 1. The summed E-state index contributed by atoms with van der Waals surface area (Å²) in [4.78, 5) is 16.2. The molecule has 0 aliphatic rings. The van der Waals surface area contributed by atoms with Crippen LogP contribution >= 0.6 is 11.3 Å². The van der Waals surface area contributed by atoms with Crippen LogP contribution in [0.1, 0.15) is 32.2 Å². The predicted molar refractivity (Wildman–Crippen MR) is 85.7 cm³/mol. The fraction of sp³-hybridized carbons (Fsp3) is 0.375. The van der Waals surface area contributed by atoms with Gasteiger partial charge in [0.05, 0.1) is 10.2 Å². The van der Waals surface area contributed by atoms with Gasteiger partial charge >= 0.3 is 0 Å². The van der Waals surface area contributed by atoms with Gasteiger partial charge in [0.1, 0.15) is 5.01 Å². The minimum absolute atomic E-state index is 0.0616. The minimum Gasteiger partial charge on any atom is -0.353 e. The normalized spacial score (nSPS) is 12.2. The summed E-state index contributed by atoms with van der Waals surface area (Å²) in [6.45, 7) is 7.19. The van der Waals surface area contributed by atoms with Crippen molar-refractivity contribution in [3.8, 4) is 0 Å². The van der Waals surface area contributed by atoms with Crippen LogP contribution in [0.15, 0.2) is 30.3 Å².